The molecule has 0 aromatic heterocycles. The summed E-state index contributed by atoms with van der Waals surface area (Å²) in [6.07, 6.45) is 0.950. The van der Waals surface area contributed by atoms with E-state index in [-0.39, 0.29) is 11.7 Å². The Morgan fingerprint density at radius 1 is 1.53 bits per heavy atom. The number of amides is 1. The Bertz CT molecular complexity index is 422. The number of halogens is 2. The summed E-state index contributed by atoms with van der Waals surface area (Å²) < 4.78 is 14.2. The smallest absolute Gasteiger partial charge is 0.241 e. The van der Waals surface area contributed by atoms with Crippen molar-refractivity contribution in [3.05, 3.63) is 28.0 Å². The average Bonchev–Trinajstić information content (AvgIpc) is 2.27. The van der Waals surface area contributed by atoms with Gasteiger partial charge in [0.05, 0.1) is 6.04 Å². The lowest BCUT2D eigenvalue weighted by Gasteiger charge is -2.08. The number of anilines is 1. The highest BCUT2D eigenvalue weighted by molar-refractivity contribution is 9.10. The summed E-state index contributed by atoms with van der Waals surface area (Å²) in [5.74, 6) is -0.569. The summed E-state index contributed by atoms with van der Waals surface area (Å²) in [5, 5.41) is 2.62. The quantitative estimate of drug-likeness (QED) is 0.757. The normalized spacial score (nSPS) is 20.5. The number of hydrogen-bond donors (Lipinski definition) is 2. The predicted octanol–water partition coefficient (Wildman–Crippen LogP) is 1.80. The Labute approximate surface area is 95.0 Å². The predicted molar refractivity (Wildman–Crippen MR) is 59.0 cm³/mol. The highest BCUT2D eigenvalue weighted by Crippen LogP contribution is 2.28. The fourth-order valence-electron chi connectivity index (χ4n) is 1.63. The lowest BCUT2D eigenvalue weighted by molar-refractivity contribution is -0.117. The first-order chi connectivity index (χ1) is 7.08. The molecule has 0 fully saturated rings. The molecule has 3 nitrogen and oxygen atoms in total. The van der Waals surface area contributed by atoms with Crippen LogP contribution in [-0.2, 0) is 11.2 Å². The van der Waals surface area contributed by atoms with Gasteiger partial charge < -0.3 is 11.1 Å². The molecule has 1 amide bonds. The molecule has 1 aliphatic rings. The molecule has 1 atom stereocenters. The third-order valence-electron chi connectivity index (χ3n) is 2.46. The number of rotatable bonds is 0. The Morgan fingerprint density at radius 2 is 2.27 bits per heavy atom. The van der Waals surface area contributed by atoms with E-state index in [4.69, 9.17) is 5.73 Å². The van der Waals surface area contributed by atoms with Gasteiger partial charge in [-0.3, -0.25) is 4.79 Å². The molecule has 0 aliphatic carbocycles. The van der Waals surface area contributed by atoms with Gasteiger partial charge >= 0.3 is 0 Å². The second kappa shape index (κ2) is 3.90. The summed E-state index contributed by atoms with van der Waals surface area (Å²) in [4.78, 5) is 11.4. The van der Waals surface area contributed by atoms with E-state index in [9.17, 15) is 9.18 Å². The van der Waals surface area contributed by atoms with E-state index in [1.165, 1.54) is 6.07 Å². The van der Waals surface area contributed by atoms with E-state index in [1.807, 2.05) is 0 Å². The molecule has 1 unspecified atom stereocenters. The van der Waals surface area contributed by atoms with E-state index in [1.54, 1.807) is 6.07 Å². The van der Waals surface area contributed by atoms with E-state index < -0.39 is 6.04 Å². The molecule has 0 spiro atoms. The molecule has 0 saturated heterocycles. The summed E-state index contributed by atoms with van der Waals surface area (Å²) >= 11 is 3.18. The van der Waals surface area contributed by atoms with Crippen molar-refractivity contribution in [3.63, 3.8) is 0 Å². The van der Waals surface area contributed by atoms with Crippen LogP contribution in [0.2, 0.25) is 0 Å². The number of nitrogens with two attached hydrogens (primary N) is 1. The van der Waals surface area contributed by atoms with Gasteiger partial charge in [0.1, 0.15) is 5.82 Å². The van der Waals surface area contributed by atoms with Gasteiger partial charge in [-0.05, 0) is 25.0 Å². The van der Waals surface area contributed by atoms with Crippen molar-refractivity contribution in [2.45, 2.75) is 18.9 Å². The second-order valence-corrected chi connectivity index (χ2v) is 4.46. The zero-order chi connectivity index (χ0) is 11.0. The molecule has 0 radical (unpaired) electrons. The molecule has 1 aliphatic heterocycles. The van der Waals surface area contributed by atoms with Gasteiger partial charge in [0.15, 0.2) is 0 Å². The maximum Gasteiger partial charge on any atom is 0.241 e. The number of nitrogens with one attached hydrogen (secondary N) is 1. The monoisotopic (exact) mass is 272 g/mol. The van der Waals surface area contributed by atoms with Crippen LogP contribution in [0.5, 0.6) is 0 Å². The largest absolute Gasteiger partial charge is 0.324 e. The Balaban J connectivity index is 2.47. The molecular formula is C10H10BrFN2O. The minimum Gasteiger partial charge on any atom is -0.324 e. The van der Waals surface area contributed by atoms with E-state index >= 15 is 0 Å². The lowest BCUT2D eigenvalue weighted by atomic mass is 10.1. The summed E-state index contributed by atoms with van der Waals surface area (Å²) in [6, 6.07) is 2.52. The third kappa shape index (κ3) is 2.03. The zero-order valence-corrected chi connectivity index (χ0v) is 9.47. The summed E-state index contributed by atoms with van der Waals surface area (Å²) in [7, 11) is 0. The van der Waals surface area contributed by atoms with Gasteiger partial charge in [-0.2, -0.15) is 0 Å². The van der Waals surface area contributed by atoms with Crippen molar-refractivity contribution >= 4 is 27.5 Å². The van der Waals surface area contributed by atoms with Crippen LogP contribution in [0, 0.1) is 5.82 Å². The lowest BCUT2D eigenvalue weighted by Crippen LogP contribution is -2.34. The van der Waals surface area contributed by atoms with Gasteiger partial charge in [0.2, 0.25) is 5.91 Å². The second-order valence-electron chi connectivity index (χ2n) is 3.55. The summed E-state index contributed by atoms with van der Waals surface area (Å²) in [6.45, 7) is 0. The molecule has 0 bridgehead atoms. The van der Waals surface area contributed by atoms with E-state index in [2.05, 4.69) is 21.2 Å². The van der Waals surface area contributed by atoms with Crippen molar-refractivity contribution < 1.29 is 9.18 Å². The topological polar surface area (TPSA) is 55.1 Å². The van der Waals surface area contributed by atoms with Gasteiger partial charge in [-0.25, -0.2) is 4.39 Å². The number of fused-ring (bicyclic) bond motifs is 1. The molecule has 1 aromatic carbocycles. The molecule has 0 saturated carbocycles. The molecule has 3 N–H and O–H groups in total. The van der Waals surface area contributed by atoms with Crippen LogP contribution < -0.4 is 11.1 Å². The fourth-order valence-corrected chi connectivity index (χ4v) is 2.06. The van der Waals surface area contributed by atoms with Crippen molar-refractivity contribution in [3.8, 4) is 0 Å². The van der Waals surface area contributed by atoms with Crippen molar-refractivity contribution in [2.75, 3.05) is 5.32 Å². The van der Waals surface area contributed by atoms with Crippen LogP contribution >= 0.6 is 15.9 Å². The average molecular weight is 273 g/mol. The van der Waals surface area contributed by atoms with Crippen LogP contribution in [0.4, 0.5) is 10.1 Å². The van der Waals surface area contributed by atoms with Crippen LogP contribution in [0.3, 0.4) is 0 Å². The highest BCUT2D eigenvalue weighted by atomic mass is 79.9. The van der Waals surface area contributed by atoms with Crippen LogP contribution in [-0.4, -0.2) is 11.9 Å². The zero-order valence-electron chi connectivity index (χ0n) is 7.89. The highest BCUT2D eigenvalue weighted by Gasteiger charge is 2.22. The first-order valence-electron chi connectivity index (χ1n) is 4.62. The summed E-state index contributed by atoms with van der Waals surface area (Å²) in [5.41, 5.74) is 6.64. The van der Waals surface area contributed by atoms with Crippen LogP contribution in [0.1, 0.15) is 12.0 Å². The first-order valence-corrected chi connectivity index (χ1v) is 5.41. The standard InChI is InChI=1S/C10H10BrFN2O/c11-5-3-7(12)6-1-2-8(13)10(15)14-9(6)4-5/h3-4,8H,1-2,13H2,(H,14,15). The molecule has 80 valence electrons. The third-order valence-corrected chi connectivity index (χ3v) is 2.92. The number of benzene rings is 1. The number of carbonyl (C=O) groups excluding carboxylic acids is 1. The SMILES string of the molecule is NC1CCc2c(F)cc(Br)cc2NC1=O. The van der Waals surface area contributed by atoms with Crippen molar-refractivity contribution in [1.82, 2.24) is 0 Å². The molecule has 2 rings (SSSR count). The number of carbonyl (C=O) groups is 1. The van der Waals surface area contributed by atoms with Gasteiger partial charge in [0.25, 0.3) is 0 Å². The maximum atomic E-state index is 13.5. The molecule has 15 heavy (non-hydrogen) atoms. The Kier molecular flexibility index (Phi) is 2.75. The van der Waals surface area contributed by atoms with Gasteiger partial charge in [-0.1, -0.05) is 15.9 Å². The van der Waals surface area contributed by atoms with Crippen LogP contribution in [0.25, 0.3) is 0 Å². The first kappa shape index (κ1) is 10.6. The van der Waals surface area contributed by atoms with Crippen LogP contribution in [0.15, 0.2) is 16.6 Å². The van der Waals surface area contributed by atoms with Gasteiger partial charge in [0, 0.05) is 15.7 Å². The Hall–Kier alpha value is -0.940. The fraction of sp³-hybridized carbons (Fsp3) is 0.300. The molecular weight excluding hydrogens is 263 g/mol. The maximum absolute atomic E-state index is 13.5. The minimum atomic E-state index is -0.560. The van der Waals surface area contributed by atoms with Crippen molar-refractivity contribution in [2.24, 2.45) is 5.73 Å². The van der Waals surface area contributed by atoms with Gasteiger partial charge in [-0.15, -0.1) is 0 Å². The van der Waals surface area contributed by atoms with E-state index in [0.717, 1.165) is 0 Å². The number of hydrogen-bond acceptors (Lipinski definition) is 2. The molecule has 1 heterocycles. The van der Waals surface area contributed by atoms with E-state index in [0.29, 0.717) is 28.6 Å². The molecule has 1 aromatic rings. The Morgan fingerprint density at radius 3 is 3.00 bits per heavy atom. The molecule has 5 heteroatoms. The minimum absolute atomic E-state index is 0.258. The van der Waals surface area contributed by atoms with Crippen molar-refractivity contribution in [1.29, 1.82) is 0 Å².